The molecule has 0 radical (unpaired) electrons. The van der Waals surface area contributed by atoms with Gasteiger partial charge in [-0.3, -0.25) is 4.79 Å². The molecule has 4 nitrogen and oxygen atoms in total. The van der Waals surface area contributed by atoms with E-state index in [4.69, 9.17) is 14.2 Å². The fourth-order valence-corrected chi connectivity index (χ4v) is 7.24. The van der Waals surface area contributed by atoms with Crippen molar-refractivity contribution in [3.05, 3.63) is 0 Å². The highest BCUT2D eigenvalue weighted by Gasteiger charge is 2.65. The number of esters is 1. The van der Waals surface area contributed by atoms with E-state index in [2.05, 4.69) is 13.8 Å². The summed E-state index contributed by atoms with van der Waals surface area (Å²) in [7, 11) is 1.66. The normalized spacial score (nSPS) is 43.8. The maximum atomic E-state index is 12.6. The average molecular weight is 350 g/mol. The lowest BCUT2D eigenvalue weighted by Gasteiger charge is -2.42. The lowest BCUT2D eigenvalue weighted by Crippen LogP contribution is -2.39. The first kappa shape index (κ1) is 17.8. The summed E-state index contributed by atoms with van der Waals surface area (Å²) >= 11 is 0. The van der Waals surface area contributed by atoms with Crippen LogP contribution >= 0.6 is 0 Å². The highest BCUT2D eigenvalue weighted by atomic mass is 16.6. The predicted molar refractivity (Wildman–Crippen MR) is 94.9 cm³/mol. The van der Waals surface area contributed by atoms with Gasteiger partial charge in [-0.15, -0.1) is 0 Å². The van der Waals surface area contributed by atoms with Crippen LogP contribution in [0.25, 0.3) is 0 Å². The van der Waals surface area contributed by atoms with Gasteiger partial charge in [0.25, 0.3) is 0 Å². The smallest absolute Gasteiger partial charge is 0.309 e. The molecule has 4 saturated carbocycles. The Balaban J connectivity index is 1.29. The number of carbonyl (C=O) groups is 1. The number of rotatable bonds is 8. The molecular formula is C21H34O4. The van der Waals surface area contributed by atoms with Crippen LogP contribution in [0.4, 0.5) is 0 Å². The molecule has 0 aromatic rings. The van der Waals surface area contributed by atoms with E-state index < -0.39 is 0 Å². The van der Waals surface area contributed by atoms with E-state index in [1.165, 1.54) is 19.3 Å². The molecular weight excluding hydrogens is 316 g/mol. The van der Waals surface area contributed by atoms with Gasteiger partial charge in [0.05, 0.1) is 25.7 Å². The van der Waals surface area contributed by atoms with Gasteiger partial charge in [-0.25, -0.2) is 0 Å². The summed E-state index contributed by atoms with van der Waals surface area (Å²) in [5, 5.41) is 0. The minimum Gasteiger partial charge on any atom is -0.463 e. The van der Waals surface area contributed by atoms with Crippen LogP contribution in [0.1, 0.15) is 39.5 Å². The summed E-state index contributed by atoms with van der Waals surface area (Å²) in [6.45, 7) is 6.81. The topological polar surface area (TPSA) is 44.8 Å². The number of fused-ring (bicyclic) bond motifs is 9. The van der Waals surface area contributed by atoms with Crippen molar-refractivity contribution in [1.29, 1.82) is 0 Å². The molecule has 4 bridgehead atoms. The molecule has 0 N–H and O–H groups in total. The molecule has 8 atom stereocenters. The average Bonchev–Trinajstić information content (AvgIpc) is 3.34. The van der Waals surface area contributed by atoms with E-state index in [1.807, 2.05) is 0 Å². The van der Waals surface area contributed by atoms with Crippen LogP contribution in [0, 0.1) is 53.3 Å². The third-order valence-electron chi connectivity index (χ3n) is 7.93. The standard InChI is InChI=1S/C21H34O4/c1-12(2)15-8-13-9-16(15)19-14-10-17(20(13)19)18(11-14)21(22)25-7-6-24-5-4-23-3/h12-20H,4-11H2,1-3H3. The van der Waals surface area contributed by atoms with Crippen molar-refractivity contribution in [3.8, 4) is 0 Å². The van der Waals surface area contributed by atoms with E-state index >= 15 is 0 Å². The fourth-order valence-electron chi connectivity index (χ4n) is 7.24. The third kappa shape index (κ3) is 3.03. The van der Waals surface area contributed by atoms with Gasteiger partial charge < -0.3 is 14.2 Å². The maximum Gasteiger partial charge on any atom is 0.309 e. The van der Waals surface area contributed by atoms with Crippen LogP contribution in [0.15, 0.2) is 0 Å². The molecule has 0 aromatic carbocycles. The van der Waals surface area contributed by atoms with E-state index in [1.54, 1.807) is 7.11 Å². The van der Waals surface area contributed by atoms with Gasteiger partial charge in [-0.05, 0) is 73.0 Å². The molecule has 4 aliphatic carbocycles. The highest BCUT2D eigenvalue weighted by Crippen LogP contribution is 2.70. The summed E-state index contributed by atoms with van der Waals surface area (Å²) in [5.74, 6) is 7.00. The third-order valence-corrected chi connectivity index (χ3v) is 7.93. The largest absolute Gasteiger partial charge is 0.463 e. The highest BCUT2D eigenvalue weighted by molar-refractivity contribution is 5.73. The Morgan fingerprint density at radius 1 is 0.920 bits per heavy atom. The van der Waals surface area contributed by atoms with E-state index in [0.29, 0.717) is 32.3 Å². The summed E-state index contributed by atoms with van der Waals surface area (Å²) in [5.41, 5.74) is 0. The first-order valence-corrected chi connectivity index (χ1v) is 10.3. The number of hydrogen-bond acceptors (Lipinski definition) is 4. The SMILES string of the molecule is COCCOCCOC(=O)C1CC2CC1C1C3CC(C(C)C)C(C3)C21. The Bertz CT molecular complexity index is 490. The van der Waals surface area contributed by atoms with Crippen LogP contribution in [0.5, 0.6) is 0 Å². The summed E-state index contributed by atoms with van der Waals surface area (Å²) < 4.78 is 15.9. The zero-order valence-electron chi connectivity index (χ0n) is 16.0. The molecule has 8 unspecified atom stereocenters. The van der Waals surface area contributed by atoms with Gasteiger partial charge in [0.1, 0.15) is 6.61 Å². The molecule has 0 aromatic heterocycles. The lowest BCUT2D eigenvalue weighted by atomic mass is 9.63. The molecule has 4 aliphatic rings. The van der Waals surface area contributed by atoms with E-state index in [0.717, 1.165) is 47.8 Å². The van der Waals surface area contributed by atoms with Gasteiger partial charge >= 0.3 is 5.97 Å². The first-order valence-electron chi connectivity index (χ1n) is 10.3. The molecule has 0 aliphatic heterocycles. The second-order valence-corrected chi connectivity index (χ2v) is 9.23. The Labute approximate surface area is 152 Å². The van der Waals surface area contributed by atoms with E-state index in [-0.39, 0.29) is 11.9 Å². The molecule has 142 valence electrons. The number of methoxy groups -OCH3 is 1. The fraction of sp³-hybridized carbons (Fsp3) is 0.952. The molecule has 4 heteroatoms. The van der Waals surface area contributed by atoms with Gasteiger partial charge in [-0.2, -0.15) is 0 Å². The maximum absolute atomic E-state index is 12.6. The Morgan fingerprint density at radius 2 is 1.60 bits per heavy atom. The summed E-state index contributed by atoms with van der Waals surface area (Å²) in [6, 6.07) is 0. The second-order valence-electron chi connectivity index (χ2n) is 9.23. The second kappa shape index (κ2) is 7.19. The summed E-state index contributed by atoms with van der Waals surface area (Å²) in [6.07, 6.45) is 5.24. The minimum atomic E-state index is 0.0458. The van der Waals surface area contributed by atoms with Crippen LogP contribution in [-0.4, -0.2) is 39.5 Å². The van der Waals surface area contributed by atoms with Crippen LogP contribution < -0.4 is 0 Å². The summed E-state index contributed by atoms with van der Waals surface area (Å²) in [4.78, 5) is 12.6. The molecule has 0 spiro atoms. The van der Waals surface area contributed by atoms with Crippen LogP contribution in [0.2, 0.25) is 0 Å². The molecule has 4 fully saturated rings. The van der Waals surface area contributed by atoms with Gasteiger partial charge in [0.15, 0.2) is 0 Å². The van der Waals surface area contributed by atoms with Crippen molar-refractivity contribution in [3.63, 3.8) is 0 Å². The van der Waals surface area contributed by atoms with E-state index in [9.17, 15) is 4.79 Å². The van der Waals surface area contributed by atoms with Gasteiger partial charge in [-0.1, -0.05) is 13.8 Å². The molecule has 0 heterocycles. The van der Waals surface area contributed by atoms with Gasteiger partial charge in [0, 0.05) is 7.11 Å². The number of carbonyl (C=O) groups excluding carboxylic acids is 1. The molecule has 0 amide bonds. The van der Waals surface area contributed by atoms with Crippen molar-refractivity contribution >= 4 is 5.97 Å². The monoisotopic (exact) mass is 350 g/mol. The number of ether oxygens (including phenoxy) is 3. The van der Waals surface area contributed by atoms with Crippen molar-refractivity contribution in [2.24, 2.45) is 53.3 Å². The van der Waals surface area contributed by atoms with Crippen LogP contribution in [-0.2, 0) is 19.0 Å². The Kier molecular flexibility index (Phi) is 5.11. The van der Waals surface area contributed by atoms with Crippen molar-refractivity contribution in [2.45, 2.75) is 39.5 Å². The van der Waals surface area contributed by atoms with Crippen LogP contribution in [0.3, 0.4) is 0 Å². The molecule has 4 rings (SSSR count). The van der Waals surface area contributed by atoms with Crippen molar-refractivity contribution in [1.82, 2.24) is 0 Å². The Hall–Kier alpha value is -0.610. The Morgan fingerprint density at radius 3 is 2.36 bits per heavy atom. The van der Waals surface area contributed by atoms with Crippen molar-refractivity contribution < 1.29 is 19.0 Å². The van der Waals surface area contributed by atoms with Gasteiger partial charge in [0.2, 0.25) is 0 Å². The molecule has 0 saturated heterocycles. The quantitative estimate of drug-likeness (QED) is 0.382. The number of hydrogen-bond donors (Lipinski definition) is 0. The predicted octanol–water partition coefficient (Wildman–Crippen LogP) is 3.39. The van der Waals surface area contributed by atoms with Crippen molar-refractivity contribution in [2.75, 3.05) is 33.5 Å². The molecule has 25 heavy (non-hydrogen) atoms. The minimum absolute atomic E-state index is 0.0458. The first-order chi connectivity index (χ1) is 12.1. The zero-order valence-corrected chi connectivity index (χ0v) is 16.0. The lowest BCUT2D eigenvalue weighted by molar-refractivity contribution is -0.154. The zero-order chi connectivity index (χ0) is 17.6.